The van der Waals surface area contributed by atoms with Crippen LogP contribution in [0.2, 0.25) is 0 Å². The van der Waals surface area contributed by atoms with Crippen molar-refractivity contribution in [2.24, 2.45) is 0 Å². The standard InChI is InChI=1S/C16H16N2O/c17-13-18-15-8-10-16(11-9-15)19-12-4-7-14-5-2-1-3-6-14/h1-3,5-6,8-11,18H,4,7,12H2. The minimum atomic E-state index is 0.694. The number of aryl methyl sites for hydroxylation is 1. The van der Waals surface area contributed by atoms with Gasteiger partial charge in [0.25, 0.3) is 0 Å². The van der Waals surface area contributed by atoms with Crippen molar-refractivity contribution in [3.05, 3.63) is 60.2 Å². The minimum absolute atomic E-state index is 0.694. The lowest BCUT2D eigenvalue weighted by Gasteiger charge is -2.06. The van der Waals surface area contributed by atoms with E-state index >= 15 is 0 Å². The Morgan fingerprint density at radius 1 is 1.00 bits per heavy atom. The second kappa shape index (κ2) is 7.07. The number of hydrogen-bond acceptors (Lipinski definition) is 3. The number of ether oxygens (including phenoxy) is 1. The molecule has 3 heteroatoms. The maximum Gasteiger partial charge on any atom is 0.181 e. The summed E-state index contributed by atoms with van der Waals surface area (Å²) in [6.07, 6.45) is 3.89. The van der Waals surface area contributed by atoms with E-state index in [1.165, 1.54) is 5.56 Å². The molecule has 0 radical (unpaired) electrons. The summed E-state index contributed by atoms with van der Waals surface area (Å²) in [7, 11) is 0. The van der Waals surface area contributed by atoms with Crippen LogP contribution < -0.4 is 10.1 Å². The molecule has 19 heavy (non-hydrogen) atoms. The minimum Gasteiger partial charge on any atom is -0.494 e. The first kappa shape index (κ1) is 13.0. The van der Waals surface area contributed by atoms with E-state index in [0.29, 0.717) is 6.61 Å². The van der Waals surface area contributed by atoms with Crippen LogP contribution in [0.15, 0.2) is 54.6 Å². The smallest absolute Gasteiger partial charge is 0.181 e. The highest BCUT2D eigenvalue weighted by Crippen LogP contribution is 2.15. The molecular weight excluding hydrogens is 236 g/mol. The average Bonchev–Trinajstić information content (AvgIpc) is 2.47. The maximum atomic E-state index is 8.48. The molecule has 0 saturated heterocycles. The molecule has 0 saturated carbocycles. The van der Waals surface area contributed by atoms with Crippen LogP contribution in [0.5, 0.6) is 5.75 Å². The van der Waals surface area contributed by atoms with Gasteiger partial charge in [0, 0.05) is 5.69 Å². The van der Waals surface area contributed by atoms with E-state index in [9.17, 15) is 0 Å². The van der Waals surface area contributed by atoms with Gasteiger partial charge in [-0.05, 0) is 42.7 Å². The summed E-state index contributed by atoms with van der Waals surface area (Å²) >= 11 is 0. The Bertz CT molecular complexity index is 529. The molecule has 0 heterocycles. The van der Waals surface area contributed by atoms with Crippen LogP contribution in [0.3, 0.4) is 0 Å². The van der Waals surface area contributed by atoms with E-state index in [-0.39, 0.29) is 0 Å². The Morgan fingerprint density at radius 2 is 1.74 bits per heavy atom. The van der Waals surface area contributed by atoms with Gasteiger partial charge in [-0.3, -0.25) is 5.32 Å². The molecule has 0 aliphatic carbocycles. The Labute approximate surface area is 113 Å². The summed E-state index contributed by atoms with van der Waals surface area (Å²) in [6, 6.07) is 17.8. The first-order chi connectivity index (χ1) is 9.38. The third-order valence-electron chi connectivity index (χ3n) is 2.78. The number of anilines is 1. The number of rotatable bonds is 6. The zero-order valence-electron chi connectivity index (χ0n) is 10.7. The lowest BCUT2D eigenvalue weighted by atomic mass is 10.1. The molecule has 2 rings (SSSR count). The molecule has 2 aromatic rings. The molecule has 0 aliphatic heterocycles. The van der Waals surface area contributed by atoms with Gasteiger partial charge in [0.15, 0.2) is 6.19 Å². The fraction of sp³-hybridized carbons (Fsp3) is 0.188. The third kappa shape index (κ3) is 4.36. The highest BCUT2D eigenvalue weighted by Gasteiger charge is 1.96. The number of hydrogen-bond donors (Lipinski definition) is 1. The first-order valence-corrected chi connectivity index (χ1v) is 6.30. The van der Waals surface area contributed by atoms with Gasteiger partial charge in [0.1, 0.15) is 5.75 Å². The molecule has 96 valence electrons. The highest BCUT2D eigenvalue weighted by atomic mass is 16.5. The average molecular weight is 252 g/mol. The van der Waals surface area contributed by atoms with Crippen molar-refractivity contribution >= 4 is 5.69 Å². The fourth-order valence-corrected chi connectivity index (χ4v) is 1.81. The molecule has 0 unspecified atom stereocenters. The van der Waals surface area contributed by atoms with E-state index in [1.54, 1.807) is 0 Å². The molecule has 3 nitrogen and oxygen atoms in total. The van der Waals surface area contributed by atoms with E-state index in [1.807, 2.05) is 36.5 Å². The first-order valence-electron chi connectivity index (χ1n) is 6.30. The van der Waals surface area contributed by atoms with Crippen LogP contribution in [-0.2, 0) is 6.42 Å². The lowest BCUT2D eigenvalue weighted by molar-refractivity contribution is 0.311. The van der Waals surface area contributed by atoms with Crippen molar-refractivity contribution in [1.82, 2.24) is 0 Å². The van der Waals surface area contributed by atoms with Crippen molar-refractivity contribution < 1.29 is 4.74 Å². The van der Waals surface area contributed by atoms with Crippen molar-refractivity contribution in [2.75, 3.05) is 11.9 Å². The van der Waals surface area contributed by atoms with Gasteiger partial charge in [-0.15, -0.1) is 0 Å². The number of benzene rings is 2. The topological polar surface area (TPSA) is 45.0 Å². The largest absolute Gasteiger partial charge is 0.494 e. The molecule has 0 spiro atoms. The van der Waals surface area contributed by atoms with E-state index < -0.39 is 0 Å². The van der Waals surface area contributed by atoms with Crippen molar-refractivity contribution in [1.29, 1.82) is 5.26 Å². The Kier molecular flexibility index (Phi) is 4.83. The SMILES string of the molecule is N#CNc1ccc(OCCCc2ccccc2)cc1. The third-order valence-corrected chi connectivity index (χ3v) is 2.78. The second-order valence-corrected chi connectivity index (χ2v) is 4.20. The summed E-state index contributed by atoms with van der Waals surface area (Å²) in [5.41, 5.74) is 2.11. The van der Waals surface area contributed by atoms with Gasteiger partial charge < -0.3 is 4.74 Å². The normalized spacial score (nSPS) is 9.63. The molecule has 0 bridgehead atoms. The molecule has 0 aromatic heterocycles. The molecule has 0 atom stereocenters. The van der Waals surface area contributed by atoms with Crippen LogP contribution in [0, 0.1) is 11.5 Å². The molecule has 0 amide bonds. The summed E-state index contributed by atoms with van der Waals surface area (Å²) in [5, 5.41) is 11.1. The fourth-order valence-electron chi connectivity index (χ4n) is 1.81. The highest BCUT2D eigenvalue weighted by molar-refractivity contribution is 5.48. The van der Waals surface area contributed by atoms with Crippen LogP contribution in [0.4, 0.5) is 5.69 Å². The van der Waals surface area contributed by atoms with Gasteiger partial charge in [0.2, 0.25) is 0 Å². The number of nitrogens with zero attached hydrogens (tertiary/aromatic N) is 1. The monoisotopic (exact) mass is 252 g/mol. The van der Waals surface area contributed by atoms with Gasteiger partial charge in [-0.2, -0.15) is 5.26 Å². The molecular formula is C16H16N2O. The predicted molar refractivity (Wildman–Crippen MR) is 75.9 cm³/mol. The predicted octanol–water partition coefficient (Wildman–Crippen LogP) is 3.59. The zero-order valence-corrected chi connectivity index (χ0v) is 10.7. The molecule has 0 aliphatic rings. The summed E-state index contributed by atoms with van der Waals surface area (Å²) in [4.78, 5) is 0. The van der Waals surface area contributed by atoms with E-state index in [0.717, 1.165) is 24.3 Å². The van der Waals surface area contributed by atoms with Gasteiger partial charge in [0.05, 0.1) is 6.61 Å². The van der Waals surface area contributed by atoms with Gasteiger partial charge in [-0.1, -0.05) is 30.3 Å². The van der Waals surface area contributed by atoms with Crippen LogP contribution >= 0.6 is 0 Å². The van der Waals surface area contributed by atoms with Crippen LogP contribution in [0.25, 0.3) is 0 Å². The Balaban J connectivity index is 1.72. The Hall–Kier alpha value is -2.47. The van der Waals surface area contributed by atoms with Crippen molar-refractivity contribution in [3.63, 3.8) is 0 Å². The van der Waals surface area contributed by atoms with Crippen LogP contribution in [-0.4, -0.2) is 6.61 Å². The quantitative estimate of drug-likeness (QED) is 0.485. The summed E-state index contributed by atoms with van der Waals surface area (Å²) in [5.74, 6) is 0.830. The molecule has 2 aromatic carbocycles. The Morgan fingerprint density at radius 3 is 2.42 bits per heavy atom. The number of nitrogens with one attached hydrogen (secondary N) is 1. The van der Waals surface area contributed by atoms with Gasteiger partial charge >= 0.3 is 0 Å². The zero-order chi connectivity index (χ0) is 13.3. The van der Waals surface area contributed by atoms with Crippen molar-refractivity contribution in [2.45, 2.75) is 12.8 Å². The van der Waals surface area contributed by atoms with E-state index in [4.69, 9.17) is 10.00 Å². The maximum absolute atomic E-state index is 8.48. The lowest BCUT2D eigenvalue weighted by Crippen LogP contribution is -1.99. The number of nitriles is 1. The van der Waals surface area contributed by atoms with E-state index in [2.05, 4.69) is 29.6 Å². The van der Waals surface area contributed by atoms with Crippen molar-refractivity contribution in [3.8, 4) is 11.9 Å². The second-order valence-electron chi connectivity index (χ2n) is 4.20. The van der Waals surface area contributed by atoms with Crippen LogP contribution in [0.1, 0.15) is 12.0 Å². The summed E-state index contributed by atoms with van der Waals surface area (Å²) < 4.78 is 5.65. The van der Waals surface area contributed by atoms with Gasteiger partial charge in [-0.25, -0.2) is 0 Å². The molecule has 0 fully saturated rings. The summed E-state index contributed by atoms with van der Waals surface area (Å²) in [6.45, 7) is 0.694. The molecule has 1 N–H and O–H groups in total.